The van der Waals surface area contributed by atoms with Gasteiger partial charge in [0.05, 0.1) is 0 Å². The molecule has 0 aromatic carbocycles. The van der Waals surface area contributed by atoms with Crippen LogP contribution in [0.1, 0.15) is 64.7 Å². The summed E-state index contributed by atoms with van der Waals surface area (Å²) in [5, 5.41) is 8.48. The third-order valence-corrected chi connectivity index (χ3v) is 2.97. The molecule has 0 aromatic rings. The first-order valence-corrected chi connectivity index (χ1v) is 8.09. The second-order valence-corrected chi connectivity index (χ2v) is 5.02. The zero-order chi connectivity index (χ0) is 15.6. The summed E-state index contributed by atoms with van der Waals surface area (Å²) in [4.78, 5) is 10.3. The van der Waals surface area contributed by atoms with Crippen molar-refractivity contribution in [3.8, 4) is 0 Å². The summed E-state index contributed by atoms with van der Waals surface area (Å²) in [5.41, 5.74) is 0. The molecule has 0 aliphatic rings. The van der Waals surface area contributed by atoms with Gasteiger partial charge in [0, 0.05) is 6.42 Å². The molecule has 0 amide bonds. The summed E-state index contributed by atoms with van der Waals surface area (Å²) in [6, 6.07) is 0. The zero-order valence-corrected chi connectivity index (χ0v) is 13.3. The summed E-state index contributed by atoms with van der Waals surface area (Å²) in [6.45, 7) is 2.21. The lowest BCUT2D eigenvalue weighted by atomic mass is 10.2. The van der Waals surface area contributed by atoms with Gasteiger partial charge in [-0.15, -0.1) is 0 Å². The first kappa shape index (κ1) is 19.4. The van der Waals surface area contributed by atoms with Crippen LogP contribution in [-0.4, -0.2) is 11.1 Å². The molecule has 0 atom stereocenters. The van der Waals surface area contributed by atoms with E-state index in [1.54, 1.807) is 0 Å². The van der Waals surface area contributed by atoms with Crippen LogP contribution in [0.15, 0.2) is 48.6 Å². The second-order valence-electron chi connectivity index (χ2n) is 5.02. The molecule has 0 unspecified atom stereocenters. The number of carboxylic acids is 1. The normalized spacial score (nSPS) is 12.4. The fourth-order valence-corrected chi connectivity index (χ4v) is 1.74. The average molecular weight is 290 g/mol. The Morgan fingerprint density at radius 1 is 0.762 bits per heavy atom. The van der Waals surface area contributed by atoms with E-state index in [1.165, 1.54) is 19.3 Å². The fraction of sp³-hybridized carbons (Fsp3) is 0.526. The molecule has 0 heterocycles. The van der Waals surface area contributed by atoms with Gasteiger partial charge in [0.1, 0.15) is 0 Å². The number of carbonyl (C=O) groups is 1. The predicted molar refractivity (Wildman–Crippen MR) is 91.4 cm³/mol. The van der Waals surface area contributed by atoms with Crippen molar-refractivity contribution in [2.45, 2.75) is 64.7 Å². The van der Waals surface area contributed by atoms with Crippen LogP contribution in [0.4, 0.5) is 0 Å². The van der Waals surface area contributed by atoms with Gasteiger partial charge in [0.25, 0.3) is 0 Å². The number of aliphatic carboxylic acids is 1. The Kier molecular flexibility index (Phi) is 15.3. The van der Waals surface area contributed by atoms with Crippen molar-refractivity contribution in [1.82, 2.24) is 0 Å². The molecule has 0 aliphatic carbocycles. The van der Waals surface area contributed by atoms with E-state index in [9.17, 15) is 4.79 Å². The minimum absolute atomic E-state index is 0.262. The van der Waals surface area contributed by atoms with Crippen molar-refractivity contribution in [2.24, 2.45) is 0 Å². The third-order valence-electron chi connectivity index (χ3n) is 2.97. The van der Waals surface area contributed by atoms with Gasteiger partial charge in [-0.25, -0.2) is 0 Å². The number of unbranched alkanes of at least 4 members (excludes halogenated alkanes) is 3. The van der Waals surface area contributed by atoms with E-state index in [0.29, 0.717) is 0 Å². The highest BCUT2D eigenvalue weighted by Crippen LogP contribution is 1.99. The number of hydrogen-bond acceptors (Lipinski definition) is 1. The minimum atomic E-state index is -0.713. The molecule has 0 aromatic heterocycles. The molecule has 0 spiro atoms. The maximum Gasteiger partial charge on any atom is 0.303 e. The van der Waals surface area contributed by atoms with Crippen LogP contribution in [0.3, 0.4) is 0 Å². The predicted octanol–water partition coefficient (Wildman–Crippen LogP) is 5.83. The van der Waals surface area contributed by atoms with E-state index in [4.69, 9.17) is 5.11 Å². The fourth-order valence-electron chi connectivity index (χ4n) is 1.74. The minimum Gasteiger partial charge on any atom is -0.481 e. The number of rotatable bonds is 13. The van der Waals surface area contributed by atoms with Gasteiger partial charge >= 0.3 is 5.97 Å². The van der Waals surface area contributed by atoms with E-state index in [-0.39, 0.29) is 6.42 Å². The largest absolute Gasteiger partial charge is 0.481 e. The molecule has 0 radical (unpaired) electrons. The first-order valence-electron chi connectivity index (χ1n) is 8.09. The lowest BCUT2D eigenvalue weighted by Crippen LogP contribution is -1.92. The smallest absolute Gasteiger partial charge is 0.303 e. The van der Waals surface area contributed by atoms with Crippen molar-refractivity contribution in [1.29, 1.82) is 0 Å². The topological polar surface area (TPSA) is 37.3 Å². The van der Waals surface area contributed by atoms with E-state index in [0.717, 1.165) is 32.1 Å². The van der Waals surface area contributed by atoms with Gasteiger partial charge in [-0.1, -0.05) is 68.4 Å². The van der Waals surface area contributed by atoms with Gasteiger partial charge in [-0.3, -0.25) is 4.79 Å². The van der Waals surface area contributed by atoms with Crippen LogP contribution in [0.5, 0.6) is 0 Å². The third kappa shape index (κ3) is 18.4. The van der Waals surface area contributed by atoms with Gasteiger partial charge in [0.2, 0.25) is 0 Å². The van der Waals surface area contributed by atoms with Crippen LogP contribution in [0.25, 0.3) is 0 Å². The quantitative estimate of drug-likeness (QED) is 0.342. The van der Waals surface area contributed by atoms with Gasteiger partial charge in [-0.2, -0.15) is 0 Å². The van der Waals surface area contributed by atoms with Gasteiger partial charge in [0.15, 0.2) is 0 Å². The summed E-state index contributed by atoms with van der Waals surface area (Å²) in [6.07, 6.45) is 25.9. The molecule has 0 saturated heterocycles. The summed E-state index contributed by atoms with van der Waals surface area (Å²) in [5.74, 6) is -0.713. The van der Waals surface area contributed by atoms with Crippen molar-refractivity contribution < 1.29 is 9.90 Å². The molecule has 0 fully saturated rings. The standard InChI is InChI=1S/C19H30O2/c1-2-3-4-5-6-7-8-9-10-11-12-13-14-15-16-17-18-19(20)21/h5-6,8-9,11-12,14-15H,2-4,7,10,13,16-18H2,1H3,(H,20,21)/b6-5+,9-8+,12-11+,15-14+. The SMILES string of the molecule is CCCC/C=C/C/C=C/C/C=C/C/C=C/CCCC(=O)O. The van der Waals surface area contributed by atoms with Crippen molar-refractivity contribution >= 4 is 5.97 Å². The molecule has 1 N–H and O–H groups in total. The number of carboxylic acid groups (broad SMARTS) is 1. The Labute approximate surface area is 130 Å². The number of hydrogen-bond donors (Lipinski definition) is 1. The highest BCUT2D eigenvalue weighted by molar-refractivity contribution is 5.66. The average Bonchev–Trinajstić information content (AvgIpc) is 2.46. The van der Waals surface area contributed by atoms with Gasteiger partial charge < -0.3 is 5.11 Å². The molecule has 2 nitrogen and oxygen atoms in total. The number of allylic oxidation sites excluding steroid dienone is 8. The Hall–Kier alpha value is -1.57. The van der Waals surface area contributed by atoms with E-state index >= 15 is 0 Å². The molecule has 0 bridgehead atoms. The first-order chi connectivity index (χ1) is 10.3. The maximum atomic E-state index is 10.3. The van der Waals surface area contributed by atoms with Crippen LogP contribution >= 0.6 is 0 Å². The molecular formula is C19H30O2. The van der Waals surface area contributed by atoms with Crippen molar-refractivity contribution in [3.05, 3.63) is 48.6 Å². The molecule has 2 heteroatoms. The second kappa shape index (κ2) is 16.5. The molecule has 0 aliphatic heterocycles. The monoisotopic (exact) mass is 290 g/mol. The zero-order valence-electron chi connectivity index (χ0n) is 13.3. The molecule has 0 saturated carbocycles. The Morgan fingerprint density at radius 2 is 1.19 bits per heavy atom. The molecule has 118 valence electrons. The van der Waals surface area contributed by atoms with Crippen LogP contribution in [-0.2, 0) is 4.79 Å². The summed E-state index contributed by atoms with van der Waals surface area (Å²) in [7, 11) is 0. The highest BCUT2D eigenvalue weighted by atomic mass is 16.4. The highest BCUT2D eigenvalue weighted by Gasteiger charge is 1.92. The lowest BCUT2D eigenvalue weighted by Gasteiger charge is -1.90. The van der Waals surface area contributed by atoms with Crippen LogP contribution < -0.4 is 0 Å². The maximum absolute atomic E-state index is 10.3. The van der Waals surface area contributed by atoms with E-state index < -0.39 is 5.97 Å². The Morgan fingerprint density at radius 3 is 1.62 bits per heavy atom. The Bertz CT molecular complexity index is 349. The molecule has 21 heavy (non-hydrogen) atoms. The van der Waals surface area contributed by atoms with E-state index in [1.807, 2.05) is 0 Å². The Balaban J connectivity index is 3.41. The molecule has 0 rings (SSSR count). The summed E-state index contributed by atoms with van der Waals surface area (Å²) < 4.78 is 0. The van der Waals surface area contributed by atoms with Crippen molar-refractivity contribution in [2.75, 3.05) is 0 Å². The lowest BCUT2D eigenvalue weighted by molar-refractivity contribution is -0.137. The van der Waals surface area contributed by atoms with Crippen LogP contribution in [0, 0.1) is 0 Å². The van der Waals surface area contributed by atoms with Crippen LogP contribution in [0.2, 0.25) is 0 Å². The van der Waals surface area contributed by atoms with E-state index in [2.05, 4.69) is 55.5 Å². The van der Waals surface area contributed by atoms with Gasteiger partial charge in [-0.05, 0) is 38.5 Å². The van der Waals surface area contributed by atoms with Crippen molar-refractivity contribution in [3.63, 3.8) is 0 Å². The summed E-state index contributed by atoms with van der Waals surface area (Å²) >= 11 is 0. The molecular weight excluding hydrogens is 260 g/mol.